The molecule has 5 nitrogen and oxygen atoms in total. The summed E-state index contributed by atoms with van der Waals surface area (Å²) in [7, 11) is 1.86. The van der Waals surface area contributed by atoms with Crippen LogP contribution in [0.25, 0.3) is 22.2 Å². The molecular formula is C24H21FN4O. The van der Waals surface area contributed by atoms with Crippen molar-refractivity contribution in [2.24, 2.45) is 7.05 Å². The van der Waals surface area contributed by atoms with E-state index >= 15 is 0 Å². The Morgan fingerprint density at radius 2 is 1.93 bits per heavy atom. The minimum Gasteiger partial charge on any atom is -0.346 e. The van der Waals surface area contributed by atoms with Gasteiger partial charge in [0.25, 0.3) is 5.91 Å². The number of aromatic nitrogens is 3. The zero-order valence-corrected chi connectivity index (χ0v) is 16.6. The molecule has 0 unspecified atom stereocenters. The predicted molar refractivity (Wildman–Crippen MR) is 113 cm³/mol. The van der Waals surface area contributed by atoms with Crippen molar-refractivity contribution in [2.45, 2.75) is 25.3 Å². The molecule has 1 N–H and O–H groups in total. The quantitative estimate of drug-likeness (QED) is 0.533. The van der Waals surface area contributed by atoms with Crippen LogP contribution in [0.5, 0.6) is 0 Å². The van der Waals surface area contributed by atoms with E-state index in [1.807, 2.05) is 49.5 Å². The lowest BCUT2D eigenvalue weighted by Gasteiger charge is -2.10. The molecule has 0 aliphatic heterocycles. The van der Waals surface area contributed by atoms with Gasteiger partial charge in [0.15, 0.2) is 0 Å². The number of hydrogen-bond acceptors (Lipinski definition) is 3. The van der Waals surface area contributed by atoms with Crippen LogP contribution in [-0.4, -0.2) is 20.7 Å². The van der Waals surface area contributed by atoms with E-state index in [-0.39, 0.29) is 11.7 Å². The SMILES string of the molecule is Cn1nc(-c2ccccc2)cc1CNC(=O)c1cc(C2CC2)nc2ccc(F)cc12. The van der Waals surface area contributed by atoms with Gasteiger partial charge in [-0.1, -0.05) is 30.3 Å². The Balaban J connectivity index is 1.42. The Labute approximate surface area is 173 Å². The Morgan fingerprint density at radius 3 is 2.70 bits per heavy atom. The van der Waals surface area contributed by atoms with Crippen LogP contribution in [0, 0.1) is 5.82 Å². The number of rotatable bonds is 5. The molecule has 1 saturated carbocycles. The average molecular weight is 400 g/mol. The van der Waals surface area contributed by atoms with Crippen LogP contribution in [0.4, 0.5) is 4.39 Å². The molecule has 1 fully saturated rings. The fourth-order valence-corrected chi connectivity index (χ4v) is 3.68. The van der Waals surface area contributed by atoms with Crippen molar-refractivity contribution in [2.75, 3.05) is 0 Å². The van der Waals surface area contributed by atoms with Gasteiger partial charge in [-0.15, -0.1) is 0 Å². The first kappa shape index (κ1) is 18.5. The Hall–Kier alpha value is -3.54. The molecule has 2 aromatic heterocycles. The van der Waals surface area contributed by atoms with E-state index in [1.54, 1.807) is 10.7 Å². The van der Waals surface area contributed by atoms with Crippen LogP contribution >= 0.6 is 0 Å². The molecular weight excluding hydrogens is 379 g/mol. The molecule has 2 aromatic carbocycles. The van der Waals surface area contributed by atoms with E-state index in [4.69, 9.17) is 0 Å². The Kier molecular flexibility index (Phi) is 4.54. The van der Waals surface area contributed by atoms with E-state index in [2.05, 4.69) is 15.4 Å². The van der Waals surface area contributed by atoms with Crippen molar-refractivity contribution in [3.63, 3.8) is 0 Å². The highest BCUT2D eigenvalue weighted by atomic mass is 19.1. The Bertz CT molecular complexity index is 1250. The summed E-state index contributed by atoms with van der Waals surface area (Å²) < 4.78 is 15.6. The zero-order valence-electron chi connectivity index (χ0n) is 16.6. The highest BCUT2D eigenvalue weighted by molar-refractivity contribution is 6.06. The van der Waals surface area contributed by atoms with Crippen molar-refractivity contribution in [3.8, 4) is 11.3 Å². The minimum absolute atomic E-state index is 0.239. The molecule has 6 heteroatoms. The van der Waals surface area contributed by atoms with Gasteiger partial charge in [-0.25, -0.2) is 4.39 Å². The van der Waals surface area contributed by atoms with E-state index in [9.17, 15) is 9.18 Å². The first-order valence-corrected chi connectivity index (χ1v) is 10.1. The van der Waals surface area contributed by atoms with Gasteiger partial charge in [0, 0.05) is 29.6 Å². The number of nitrogens with zero attached hydrogens (tertiary/aromatic N) is 3. The van der Waals surface area contributed by atoms with Crippen molar-refractivity contribution >= 4 is 16.8 Å². The summed E-state index contributed by atoms with van der Waals surface area (Å²) in [5.41, 5.74) is 4.79. The molecule has 5 rings (SSSR count). The molecule has 1 amide bonds. The van der Waals surface area contributed by atoms with Crippen LogP contribution in [0.3, 0.4) is 0 Å². The van der Waals surface area contributed by atoms with E-state index in [0.717, 1.165) is 35.5 Å². The number of benzene rings is 2. The van der Waals surface area contributed by atoms with E-state index in [1.165, 1.54) is 12.1 Å². The standard InChI is InChI=1S/C24H21FN4O/c1-29-18(12-23(28-29)15-5-3-2-4-6-15)14-26-24(30)20-13-22(16-7-8-16)27-21-10-9-17(25)11-19(20)21/h2-6,9-13,16H,7-8,14H2,1H3,(H,26,30). The van der Waals surface area contributed by atoms with Crippen molar-refractivity contribution < 1.29 is 9.18 Å². The van der Waals surface area contributed by atoms with Gasteiger partial charge < -0.3 is 5.32 Å². The van der Waals surface area contributed by atoms with Gasteiger partial charge in [0.05, 0.1) is 29.0 Å². The molecule has 0 bridgehead atoms. The lowest BCUT2D eigenvalue weighted by molar-refractivity contribution is 0.0951. The maximum absolute atomic E-state index is 13.8. The second kappa shape index (κ2) is 7.37. The van der Waals surface area contributed by atoms with Crippen LogP contribution in [0.15, 0.2) is 60.7 Å². The minimum atomic E-state index is -0.378. The zero-order chi connectivity index (χ0) is 20.7. The predicted octanol–water partition coefficient (Wildman–Crippen LogP) is 4.58. The number of fused-ring (bicyclic) bond motifs is 1. The maximum atomic E-state index is 13.8. The lowest BCUT2D eigenvalue weighted by Crippen LogP contribution is -2.24. The fraction of sp³-hybridized carbons (Fsp3) is 0.208. The van der Waals surface area contributed by atoms with Gasteiger partial charge in [0.2, 0.25) is 0 Å². The topological polar surface area (TPSA) is 59.8 Å². The van der Waals surface area contributed by atoms with Gasteiger partial charge in [-0.05, 0) is 43.2 Å². The van der Waals surface area contributed by atoms with E-state index < -0.39 is 0 Å². The van der Waals surface area contributed by atoms with Crippen LogP contribution in [0.1, 0.15) is 40.5 Å². The highest BCUT2D eigenvalue weighted by Gasteiger charge is 2.27. The highest BCUT2D eigenvalue weighted by Crippen LogP contribution is 2.40. The summed E-state index contributed by atoms with van der Waals surface area (Å²) in [6.07, 6.45) is 2.16. The lowest BCUT2D eigenvalue weighted by atomic mass is 10.0. The van der Waals surface area contributed by atoms with Crippen LogP contribution < -0.4 is 5.32 Å². The molecule has 2 heterocycles. The molecule has 1 aliphatic carbocycles. The Morgan fingerprint density at radius 1 is 1.13 bits per heavy atom. The number of halogens is 1. The van der Waals surface area contributed by atoms with Gasteiger partial charge >= 0.3 is 0 Å². The maximum Gasteiger partial charge on any atom is 0.252 e. The number of hydrogen-bond donors (Lipinski definition) is 1. The first-order chi connectivity index (χ1) is 14.6. The number of pyridine rings is 1. The summed E-state index contributed by atoms with van der Waals surface area (Å²) in [5.74, 6) is -0.217. The molecule has 4 aromatic rings. The van der Waals surface area contributed by atoms with Gasteiger partial charge in [0.1, 0.15) is 5.82 Å². The second-order valence-corrected chi connectivity index (χ2v) is 7.72. The number of carbonyl (C=O) groups excluding carboxylic acids is 1. The summed E-state index contributed by atoms with van der Waals surface area (Å²) in [6, 6.07) is 18.1. The normalized spacial score (nSPS) is 13.5. The van der Waals surface area contributed by atoms with Crippen molar-refractivity contribution in [1.82, 2.24) is 20.1 Å². The third-order valence-electron chi connectivity index (χ3n) is 5.51. The number of aryl methyl sites for hydroxylation is 1. The smallest absolute Gasteiger partial charge is 0.252 e. The largest absolute Gasteiger partial charge is 0.346 e. The third kappa shape index (κ3) is 3.56. The second-order valence-electron chi connectivity index (χ2n) is 7.72. The molecule has 0 atom stereocenters. The fourth-order valence-electron chi connectivity index (χ4n) is 3.68. The average Bonchev–Trinajstić information content (AvgIpc) is 3.54. The summed E-state index contributed by atoms with van der Waals surface area (Å²) in [6.45, 7) is 0.326. The third-order valence-corrected chi connectivity index (χ3v) is 5.51. The molecule has 0 saturated heterocycles. The van der Waals surface area contributed by atoms with Crippen LogP contribution in [-0.2, 0) is 13.6 Å². The first-order valence-electron chi connectivity index (χ1n) is 10.1. The molecule has 1 aliphatic rings. The number of carbonyl (C=O) groups is 1. The van der Waals surface area contributed by atoms with Gasteiger partial charge in [-0.3, -0.25) is 14.5 Å². The summed E-state index contributed by atoms with van der Waals surface area (Å²) in [5, 5.41) is 8.05. The van der Waals surface area contributed by atoms with Crippen LogP contribution in [0.2, 0.25) is 0 Å². The molecule has 0 spiro atoms. The van der Waals surface area contributed by atoms with Gasteiger partial charge in [-0.2, -0.15) is 5.10 Å². The monoisotopic (exact) mass is 400 g/mol. The molecule has 0 radical (unpaired) electrons. The summed E-state index contributed by atoms with van der Waals surface area (Å²) in [4.78, 5) is 17.7. The molecule has 30 heavy (non-hydrogen) atoms. The number of amides is 1. The number of nitrogens with one attached hydrogen (secondary N) is 1. The summed E-state index contributed by atoms with van der Waals surface area (Å²) >= 11 is 0. The van der Waals surface area contributed by atoms with E-state index in [0.29, 0.717) is 28.9 Å². The molecule has 150 valence electrons. The van der Waals surface area contributed by atoms with Crippen molar-refractivity contribution in [1.29, 1.82) is 0 Å². The van der Waals surface area contributed by atoms with Crippen molar-refractivity contribution in [3.05, 3.63) is 83.4 Å².